The average Bonchev–Trinajstić information content (AvgIpc) is 2.63. The summed E-state index contributed by atoms with van der Waals surface area (Å²) in [6.07, 6.45) is 2.24. The number of nitrogens with one attached hydrogen (secondary N) is 2. The van der Waals surface area contributed by atoms with Gasteiger partial charge in [0.2, 0.25) is 0 Å². The van der Waals surface area contributed by atoms with E-state index < -0.39 is 0 Å². The van der Waals surface area contributed by atoms with E-state index in [0.717, 1.165) is 70.8 Å². The van der Waals surface area contributed by atoms with Crippen LogP contribution in [0.4, 0.5) is 0 Å². The molecule has 0 bridgehead atoms. The van der Waals surface area contributed by atoms with E-state index in [1.165, 1.54) is 5.56 Å². The van der Waals surface area contributed by atoms with Gasteiger partial charge in [-0.25, -0.2) is 0 Å². The van der Waals surface area contributed by atoms with E-state index in [4.69, 9.17) is 0 Å². The number of nitrogens with zero attached hydrogens (tertiary/aromatic N) is 2. The molecule has 2 aliphatic rings. The predicted octanol–water partition coefficient (Wildman–Crippen LogP) is 2.40. The van der Waals surface area contributed by atoms with Crippen molar-refractivity contribution in [1.82, 2.24) is 20.4 Å². The quantitative estimate of drug-likeness (QED) is 0.773. The van der Waals surface area contributed by atoms with E-state index in [-0.39, 0.29) is 36.1 Å². The number of likely N-dealkylation sites (N-methyl/N-ethyl adjacent to an activating group) is 1. The maximum Gasteiger partial charge on any atom is 0.251 e. The molecule has 0 aromatic heterocycles. The van der Waals surface area contributed by atoms with Crippen molar-refractivity contribution >= 4 is 30.7 Å². The van der Waals surface area contributed by atoms with Crippen molar-refractivity contribution in [2.45, 2.75) is 26.3 Å². The highest BCUT2D eigenvalue weighted by Gasteiger charge is 2.27. The minimum absolute atomic E-state index is 0. The van der Waals surface area contributed by atoms with Crippen LogP contribution in [0.1, 0.15) is 35.7 Å². The van der Waals surface area contributed by atoms with Gasteiger partial charge in [-0.1, -0.05) is 19.1 Å². The zero-order chi connectivity index (χ0) is 17.7. The first-order chi connectivity index (χ1) is 12.0. The molecule has 0 saturated carbocycles. The van der Waals surface area contributed by atoms with Crippen LogP contribution in [-0.4, -0.2) is 68.6 Å². The van der Waals surface area contributed by atoms with Crippen LogP contribution in [0.2, 0.25) is 0 Å². The molecule has 0 spiro atoms. The van der Waals surface area contributed by atoms with Crippen LogP contribution in [-0.2, 0) is 6.54 Å². The second kappa shape index (κ2) is 11.2. The van der Waals surface area contributed by atoms with Gasteiger partial charge in [0, 0.05) is 44.8 Å². The molecule has 2 fully saturated rings. The Morgan fingerprint density at radius 1 is 1.07 bits per heavy atom. The fourth-order valence-electron chi connectivity index (χ4n) is 3.63. The summed E-state index contributed by atoms with van der Waals surface area (Å²) in [5.41, 5.74) is 2.27. The molecule has 27 heavy (non-hydrogen) atoms. The van der Waals surface area contributed by atoms with Crippen molar-refractivity contribution in [2.75, 3.05) is 52.9 Å². The zero-order valence-corrected chi connectivity index (χ0v) is 18.1. The fraction of sp³-hybridized carbons (Fsp3) is 0.650. The molecule has 1 aromatic carbocycles. The molecule has 2 N–H and O–H groups in total. The number of benzene rings is 1. The van der Waals surface area contributed by atoms with Crippen LogP contribution in [0.5, 0.6) is 0 Å². The SMILES string of the molecule is CN1CCN(Cc2ccc(C(=O)NCC3(C)CCNCC3)cc2)CC1.Cl.Cl. The molecule has 5 nitrogen and oxygen atoms in total. The lowest BCUT2D eigenvalue weighted by molar-refractivity contribution is 0.0922. The summed E-state index contributed by atoms with van der Waals surface area (Å²) in [5.74, 6) is 0.0471. The number of piperazine rings is 1. The van der Waals surface area contributed by atoms with Crippen molar-refractivity contribution in [2.24, 2.45) is 5.41 Å². The Hall–Kier alpha value is -0.850. The molecule has 7 heteroatoms. The summed E-state index contributed by atoms with van der Waals surface area (Å²) in [6.45, 7) is 10.6. The average molecular weight is 417 g/mol. The van der Waals surface area contributed by atoms with Crippen molar-refractivity contribution in [3.63, 3.8) is 0 Å². The molecule has 2 saturated heterocycles. The molecule has 0 atom stereocenters. The third-order valence-electron chi connectivity index (χ3n) is 5.70. The summed E-state index contributed by atoms with van der Waals surface area (Å²) < 4.78 is 0. The van der Waals surface area contributed by atoms with Gasteiger partial charge in [0.1, 0.15) is 0 Å². The Morgan fingerprint density at radius 2 is 1.67 bits per heavy atom. The second-order valence-electron chi connectivity index (χ2n) is 8.02. The van der Waals surface area contributed by atoms with E-state index in [2.05, 4.69) is 46.5 Å². The van der Waals surface area contributed by atoms with Gasteiger partial charge in [-0.3, -0.25) is 9.69 Å². The molecular weight excluding hydrogens is 383 g/mol. The number of rotatable bonds is 5. The molecule has 154 valence electrons. The number of amides is 1. The van der Waals surface area contributed by atoms with Crippen LogP contribution in [0.15, 0.2) is 24.3 Å². The molecule has 2 heterocycles. The predicted molar refractivity (Wildman–Crippen MR) is 116 cm³/mol. The standard InChI is InChI=1S/C20H32N4O.2ClH/c1-20(7-9-21-10-8-20)16-22-19(25)18-5-3-17(4-6-18)15-24-13-11-23(2)12-14-24;;/h3-6,21H,7-16H2,1-2H3,(H,22,25);2*1H. The van der Waals surface area contributed by atoms with Crippen molar-refractivity contribution < 1.29 is 4.79 Å². The van der Waals surface area contributed by atoms with Crippen LogP contribution in [0, 0.1) is 5.41 Å². The largest absolute Gasteiger partial charge is 0.351 e. The molecule has 0 radical (unpaired) electrons. The number of hydrogen-bond donors (Lipinski definition) is 2. The molecule has 1 amide bonds. The first-order valence-electron chi connectivity index (χ1n) is 9.53. The van der Waals surface area contributed by atoms with Gasteiger partial charge in [0.25, 0.3) is 5.91 Å². The maximum atomic E-state index is 12.4. The fourth-order valence-corrected chi connectivity index (χ4v) is 3.63. The highest BCUT2D eigenvalue weighted by Crippen LogP contribution is 2.26. The minimum atomic E-state index is 0. The van der Waals surface area contributed by atoms with E-state index in [1.54, 1.807) is 0 Å². The Balaban J connectivity index is 0.00000182. The Labute approximate surface area is 176 Å². The van der Waals surface area contributed by atoms with Crippen LogP contribution in [0.3, 0.4) is 0 Å². The monoisotopic (exact) mass is 416 g/mol. The number of carbonyl (C=O) groups is 1. The number of piperidine rings is 1. The van der Waals surface area contributed by atoms with Gasteiger partial charge in [-0.2, -0.15) is 0 Å². The number of hydrogen-bond acceptors (Lipinski definition) is 4. The molecule has 0 aliphatic carbocycles. The van der Waals surface area contributed by atoms with E-state index in [9.17, 15) is 4.79 Å². The van der Waals surface area contributed by atoms with Crippen molar-refractivity contribution in [3.8, 4) is 0 Å². The third-order valence-corrected chi connectivity index (χ3v) is 5.70. The summed E-state index contributed by atoms with van der Waals surface area (Å²) in [5, 5.41) is 6.51. The van der Waals surface area contributed by atoms with E-state index in [0.29, 0.717) is 0 Å². The minimum Gasteiger partial charge on any atom is -0.351 e. The topological polar surface area (TPSA) is 47.6 Å². The van der Waals surface area contributed by atoms with Gasteiger partial charge in [-0.05, 0) is 56.1 Å². The van der Waals surface area contributed by atoms with E-state index in [1.807, 2.05) is 12.1 Å². The highest BCUT2D eigenvalue weighted by atomic mass is 35.5. The Bertz CT molecular complexity index is 568. The lowest BCUT2D eigenvalue weighted by Crippen LogP contribution is -2.43. The molecule has 2 aliphatic heterocycles. The first kappa shape index (κ1) is 24.2. The number of halogens is 2. The normalized spacial score (nSPS) is 20.2. The molecular formula is C20H34Cl2N4O. The third kappa shape index (κ3) is 7.24. The van der Waals surface area contributed by atoms with Gasteiger partial charge < -0.3 is 15.5 Å². The molecule has 1 aromatic rings. The summed E-state index contributed by atoms with van der Waals surface area (Å²) in [7, 11) is 2.18. The van der Waals surface area contributed by atoms with Crippen molar-refractivity contribution in [1.29, 1.82) is 0 Å². The lowest BCUT2D eigenvalue weighted by Gasteiger charge is -2.34. The van der Waals surface area contributed by atoms with Crippen LogP contribution in [0.25, 0.3) is 0 Å². The maximum absolute atomic E-state index is 12.4. The zero-order valence-electron chi connectivity index (χ0n) is 16.5. The summed E-state index contributed by atoms with van der Waals surface area (Å²) in [6, 6.07) is 8.12. The highest BCUT2D eigenvalue weighted by molar-refractivity contribution is 5.94. The Morgan fingerprint density at radius 3 is 2.26 bits per heavy atom. The summed E-state index contributed by atoms with van der Waals surface area (Å²) in [4.78, 5) is 17.3. The Kier molecular flexibility index (Phi) is 10.1. The molecule has 3 rings (SSSR count). The van der Waals surface area contributed by atoms with Crippen LogP contribution >= 0.6 is 24.8 Å². The number of carbonyl (C=O) groups excluding carboxylic acids is 1. The lowest BCUT2D eigenvalue weighted by atomic mass is 9.81. The van der Waals surface area contributed by atoms with Gasteiger partial charge >= 0.3 is 0 Å². The van der Waals surface area contributed by atoms with Gasteiger partial charge in [0.15, 0.2) is 0 Å². The van der Waals surface area contributed by atoms with Crippen molar-refractivity contribution in [3.05, 3.63) is 35.4 Å². The van der Waals surface area contributed by atoms with Crippen LogP contribution < -0.4 is 10.6 Å². The second-order valence-corrected chi connectivity index (χ2v) is 8.02. The van der Waals surface area contributed by atoms with Gasteiger partial charge in [0.05, 0.1) is 0 Å². The summed E-state index contributed by atoms with van der Waals surface area (Å²) >= 11 is 0. The van der Waals surface area contributed by atoms with Gasteiger partial charge in [-0.15, -0.1) is 24.8 Å². The molecule has 0 unspecified atom stereocenters. The van der Waals surface area contributed by atoms with E-state index >= 15 is 0 Å². The smallest absolute Gasteiger partial charge is 0.251 e. The first-order valence-corrected chi connectivity index (χ1v) is 9.53.